The van der Waals surface area contributed by atoms with Gasteiger partial charge in [-0.1, -0.05) is 50.6 Å². The number of para-hydroxylation sites is 1. The van der Waals surface area contributed by atoms with Gasteiger partial charge in [-0.2, -0.15) is 0 Å². The maximum Gasteiger partial charge on any atom is 0.261 e. The molecule has 0 fully saturated rings. The van der Waals surface area contributed by atoms with E-state index in [9.17, 15) is 4.79 Å². The lowest BCUT2D eigenvalue weighted by Crippen LogP contribution is -2.42. The topological polar surface area (TPSA) is 38.3 Å². The molecule has 1 aromatic heterocycles. The number of amides is 1. The number of carbonyl (C=O) groups is 1. The van der Waals surface area contributed by atoms with Gasteiger partial charge in [0.1, 0.15) is 5.75 Å². The predicted octanol–water partition coefficient (Wildman–Crippen LogP) is 5.07. The molecular formula is C18H22ClNO2S. The number of rotatable bonds is 5. The van der Waals surface area contributed by atoms with Gasteiger partial charge in [0.05, 0.1) is 11.1 Å². The van der Waals surface area contributed by atoms with Crippen LogP contribution in [0.15, 0.2) is 41.8 Å². The van der Waals surface area contributed by atoms with Crippen molar-refractivity contribution in [2.45, 2.75) is 39.8 Å². The van der Waals surface area contributed by atoms with Crippen LogP contribution in [0.25, 0.3) is 0 Å². The van der Waals surface area contributed by atoms with Gasteiger partial charge in [-0.15, -0.1) is 11.3 Å². The van der Waals surface area contributed by atoms with Crippen molar-refractivity contribution in [3.05, 3.63) is 51.7 Å². The van der Waals surface area contributed by atoms with Crippen LogP contribution in [0.1, 0.15) is 38.6 Å². The third-order valence-electron chi connectivity index (χ3n) is 3.49. The number of thiophene rings is 1. The molecule has 0 spiro atoms. The van der Waals surface area contributed by atoms with Crippen molar-refractivity contribution in [1.82, 2.24) is 5.32 Å². The van der Waals surface area contributed by atoms with E-state index in [-0.39, 0.29) is 17.4 Å². The molecule has 2 aromatic rings. The van der Waals surface area contributed by atoms with Crippen molar-refractivity contribution >= 4 is 28.8 Å². The molecule has 23 heavy (non-hydrogen) atoms. The minimum absolute atomic E-state index is 0.0627. The molecule has 0 saturated heterocycles. The third kappa shape index (κ3) is 4.72. The summed E-state index contributed by atoms with van der Waals surface area (Å²) in [5.74, 6) is 0.360. The fourth-order valence-corrected chi connectivity index (χ4v) is 3.41. The minimum Gasteiger partial charge on any atom is -0.479 e. The summed E-state index contributed by atoms with van der Waals surface area (Å²) in [4.78, 5) is 13.7. The van der Waals surface area contributed by atoms with Crippen LogP contribution >= 0.6 is 22.9 Å². The summed E-state index contributed by atoms with van der Waals surface area (Å²) < 4.78 is 5.70. The first-order valence-electron chi connectivity index (χ1n) is 7.54. The average Bonchev–Trinajstić information content (AvgIpc) is 2.99. The van der Waals surface area contributed by atoms with Gasteiger partial charge in [-0.05, 0) is 35.9 Å². The van der Waals surface area contributed by atoms with E-state index in [4.69, 9.17) is 16.3 Å². The Kier molecular flexibility index (Phi) is 5.71. The standard InChI is InChI=1S/C18H22ClNO2S/c1-12(22-14-9-6-5-8-13(14)19)17(21)20-16(18(2,3)4)15-10-7-11-23-15/h5-12,16H,1-4H3,(H,20,21). The van der Waals surface area contributed by atoms with Crippen molar-refractivity contribution in [1.29, 1.82) is 0 Å². The maximum atomic E-state index is 12.5. The van der Waals surface area contributed by atoms with E-state index in [1.165, 1.54) is 0 Å². The summed E-state index contributed by atoms with van der Waals surface area (Å²) in [6, 6.07) is 11.1. The molecule has 2 atom stereocenters. The fraction of sp³-hybridized carbons (Fsp3) is 0.389. The van der Waals surface area contributed by atoms with Gasteiger partial charge in [-0.25, -0.2) is 0 Å². The van der Waals surface area contributed by atoms with E-state index >= 15 is 0 Å². The van der Waals surface area contributed by atoms with Gasteiger partial charge >= 0.3 is 0 Å². The highest BCUT2D eigenvalue weighted by Crippen LogP contribution is 2.35. The van der Waals surface area contributed by atoms with Crippen molar-refractivity contribution in [2.75, 3.05) is 0 Å². The molecule has 3 nitrogen and oxygen atoms in total. The molecule has 0 saturated carbocycles. The molecular weight excluding hydrogens is 330 g/mol. The van der Waals surface area contributed by atoms with E-state index < -0.39 is 6.10 Å². The summed E-state index contributed by atoms with van der Waals surface area (Å²) in [6.45, 7) is 8.05. The first kappa shape index (κ1) is 17.8. The molecule has 0 aliphatic rings. The molecule has 2 unspecified atom stereocenters. The number of hydrogen-bond donors (Lipinski definition) is 1. The van der Waals surface area contributed by atoms with Crippen molar-refractivity contribution < 1.29 is 9.53 Å². The number of ether oxygens (including phenoxy) is 1. The average molecular weight is 352 g/mol. The molecule has 1 aromatic carbocycles. The molecule has 1 amide bonds. The number of hydrogen-bond acceptors (Lipinski definition) is 3. The zero-order valence-corrected chi connectivity index (χ0v) is 15.4. The molecule has 0 radical (unpaired) electrons. The molecule has 1 N–H and O–H groups in total. The highest BCUT2D eigenvalue weighted by atomic mass is 35.5. The lowest BCUT2D eigenvalue weighted by molar-refractivity contribution is -0.128. The summed E-state index contributed by atoms with van der Waals surface area (Å²) in [7, 11) is 0. The van der Waals surface area contributed by atoms with E-state index in [1.54, 1.807) is 30.4 Å². The Bertz CT molecular complexity index is 649. The zero-order chi connectivity index (χ0) is 17.0. The Morgan fingerprint density at radius 2 is 1.91 bits per heavy atom. The lowest BCUT2D eigenvalue weighted by Gasteiger charge is -2.31. The Hall–Kier alpha value is -1.52. The van der Waals surface area contributed by atoms with Crippen LogP contribution in [0.3, 0.4) is 0 Å². The monoisotopic (exact) mass is 351 g/mol. The number of carbonyl (C=O) groups excluding carboxylic acids is 1. The van der Waals surface area contributed by atoms with Crippen LogP contribution in [-0.4, -0.2) is 12.0 Å². The Balaban J connectivity index is 2.08. The normalized spacial score (nSPS) is 14.1. The highest BCUT2D eigenvalue weighted by Gasteiger charge is 2.30. The minimum atomic E-state index is -0.625. The Morgan fingerprint density at radius 1 is 1.22 bits per heavy atom. The van der Waals surface area contributed by atoms with E-state index in [0.717, 1.165) is 4.88 Å². The first-order chi connectivity index (χ1) is 10.8. The van der Waals surface area contributed by atoms with E-state index in [0.29, 0.717) is 10.8 Å². The molecule has 1 heterocycles. The summed E-state index contributed by atoms with van der Waals surface area (Å²) in [5.41, 5.74) is -0.0926. The maximum absolute atomic E-state index is 12.5. The summed E-state index contributed by atoms with van der Waals surface area (Å²) in [6.07, 6.45) is -0.625. The second kappa shape index (κ2) is 7.37. The molecule has 2 rings (SSSR count). The molecule has 0 aliphatic heterocycles. The van der Waals surface area contributed by atoms with Gasteiger partial charge in [0.2, 0.25) is 0 Å². The van der Waals surface area contributed by atoms with Crippen LogP contribution < -0.4 is 10.1 Å². The molecule has 5 heteroatoms. The molecule has 0 bridgehead atoms. The highest BCUT2D eigenvalue weighted by molar-refractivity contribution is 7.10. The Morgan fingerprint density at radius 3 is 2.48 bits per heavy atom. The second-order valence-corrected chi connectivity index (χ2v) is 7.90. The van der Waals surface area contributed by atoms with Crippen LogP contribution in [0.2, 0.25) is 5.02 Å². The predicted molar refractivity (Wildman–Crippen MR) is 96.2 cm³/mol. The molecule has 0 aliphatic carbocycles. The van der Waals surface area contributed by atoms with Gasteiger partial charge < -0.3 is 10.1 Å². The van der Waals surface area contributed by atoms with Crippen molar-refractivity contribution in [3.8, 4) is 5.75 Å². The van der Waals surface area contributed by atoms with Gasteiger partial charge in [-0.3, -0.25) is 4.79 Å². The quantitative estimate of drug-likeness (QED) is 0.816. The molecule has 124 valence electrons. The van der Waals surface area contributed by atoms with Crippen LogP contribution in [0.5, 0.6) is 5.75 Å². The zero-order valence-electron chi connectivity index (χ0n) is 13.8. The van der Waals surface area contributed by atoms with Crippen molar-refractivity contribution in [3.63, 3.8) is 0 Å². The van der Waals surface area contributed by atoms with Crippen molar-refractivity contribution in [2.24, 2.45) is 5.41 Å². The second-order valence-electron chi connectivity index (χ2n) is 6.51. The van der Waals surface area contributed by atoms with E-state index in [2.05, 4.69) is 26.1 Å². The smallest absolute Gasteiger partial charge is 0.261 e. The summed E-state index contributed by atoms with van der Waals surface area (Å²) in [5, 5.41) is 5.62. The van der Waals surface area contributed by atoms with Crippen LogP contribution in [0, 0.1) is 5.41 Å². The SMILES string of the molecule is CC(Oc1ccccc1Cl)C(=O)NC(c1cccs1)C(C)(C)C. The Labute approximate surface area is 146 Å². The third-order valence-corrected chi connectivity index (χ3v) is 4.74. The number of halogens is 1. The number of nitrogens with one attached hydrogen (secondary N) is 1. The number of benzene rings is 1. The van der Waals surface area contributed by atoms with E-state index in [1.807, 2.05) is 29.6 Å². The summed E-state index contributed by atoms with van der Waals surface area (Å²) >= 11 is 7.72. The van der Waals surface area contributed by atoms with Crippen LogP contribution in [-0.2, 0) is 4.79 Å². The first-order valence-corrected chi connectivity index (χ1v) is 8.80. The largest absolute Gasteiger partial charge is 0.479 e. The van der Waals surface area contributed by atoms with Crippen LogP contribution in [0.4, 0.5) is 0 Å². The fourth-order valence-electron chi connectivity index (χ4n) is 2.21. The van der Waals surface area contributed by atoms with Gasteiger partial charge in [0, 0.05) is 4.88 Å². The lowest BCUT2D eigenvalue weighted by atomic mass is 9.85. The van der Waals surface area contributed by atoms with Gasteiger partial charge in [0.15, 0.2) is 6.10 Å². The van der Waals surface area contributed by atoms with Gasteiger partial charge in [0.25, 0.3) is 5.91 Å².